The first-order valence-corrected chi connectivity index (χ1v) is 11.5. The van der Waals surface area contributed by atoms with Crippen molar-refractivity contribution in [2.24, 2.45) is 5.92 Å². The lowest BCUT2D eigenvalue weighted by Gasteiger charge is -2.48. The fourth-order valence-electron chi connectivity index (χ4n) is 4.21. The number of hydrogen-bond acceptors (Lipinski definition) is 3. The van der Waals surface area contributed by atoms with E-state index in [9.17, 15) is 22.8 Å². The summed E-state index contributed by atoms with van der Waals surface area (Å²) in [6, 6.07) is 6.72. The molecule has 2 heterocycles. The number of fused-ring (bicyclic) bond motifs is 2. The Bertz CT molecular complexity index is 1190. The van der Waals surface area contributed by atoms with E-state index < -0.39 is 23.1 Å². The van der Waals surface area contributed by atoms with E-state index in [0.29, 0.717) is 24.7 Å². The van der Waals surface area contributed by atoms with Crippen molar-refractivity contribution in [2.75, 3.05) is 13.1 Å². The summed E-state index contributed by atoms with van der Waals surface area (Å²) in [5.74, 6) is -0.927. The van der Waals surface area contributed by atoms with E-state index in [2.05, 4.69) is 0 Å². The van der Waals surface area contributed by atoms with Gasteiger partial charge < -0.3 is 9.64 Å². The molecule has 34 heavy (non-hydrogen) atoms. The summed E-state index contributed by atoms with van der Waals surface area (Å²) >= 11 is 17.6. The molecule has 0 radical (unpaired) electrons. The van der Waals surface area contributed by atoms with Gasteiger partial charge in [0.15, 0.2) is 5.78 Å². The van der Waals surface area contributed by atoms with E-state index in [1.165, 1.54) is 12.1 Å². The van der Waals surface area contributed by atoms with Crippen LogP contribution in [0.1, 0.15) is 40.9 Å². The van der Waals surface area contributed by atoms with Crippen LogP contribution in [0.4, 0.5) is 13.2 Å². The predicted octanol–water partition coefficient (Wildman–Crippen LogP) is 6.70. The van der Waals surface area contributed by atoms with Gasteiger partial charge in [-0.3, -0.25) is 9.59 Å². The highest BCUT2D eigenvalue weighted by Crippen LogP contribution is 2.44. The van der Waals surface area contributed by atoms with Crippen molar-refractivity contribution < 1.29 is 27.5 Å². The lowest BCUT2D eigenvalue weighted by Crippen LogP contribution is -2.61. The number of carbonyl (C=O) groups is 2. The maximum Gasteiger partial charge on any atom is 0.417 e. The predicted molar refractivity (Wildman–Crippen MR) is 124 cm³/mol. The number of benzene rings is 2. The van der Waals surface area contributed by atoms with Crippen LogP contribution in [0.3, 0.4) is 0 Å². The third kappa shape index (κ3) is 4.47. The summed E-state index contributed by atoms with van der Waals surface area (Å²) < 4.78 is 47.3. The van der Waals surface area contributed by atoms with Gasteiger partial charge in [-0.25, -0.2) is 0 Å². The van der Waals surface area contributed by atoms with E-state index in [1.54, 1.807) is 11.0 Å². The molecule has 0 unspecified atom stereocenters. The molecule has 4 rings (SSSR count). The topological polar surface area (TPSA) is 46.6 Å². The highest BCUT2D eigenvalue weighted by molar-refractivity contribution is 6.48. The van der Waals surface area contributed by atoms with Gasteiger partial charge >= 0.3 is 6.18 Å². The minimum Gasteiger partial charge on any atom is -0.362 e. The number of hydrogen-bond donors (Lipinski definition) is 0. The van der Waals surface area contributed by atoms with Crippen molar-refractivity contribution >= 4 is 52.1 Å². The standard InChI is InChI=1S/C24H19Cl3F3NO3/c1-12(2)22(33)31-10-23(11-31)16-4-3-13(5-15(16)9-34-23)20(32)8-17(24(28,29)30)14-6-18(25)21(27)19(26)7-14/h3-8,12H,9-11H2,1-2H3. The Hall–Kier alpha value is -2.06. The van der Waals surface area contributed by atoms with Crippen LogP contribution < -0.4 is 0 Å². The van der Waals surface area contributed by atoms with E-state index >= 15 is 0 Å². The van der Waals surface area contributed by atoms with Crippen LogP contribution in [0.25, 0.3) is 5.57 Å². The minimum atomic E-state index is -4.83. The summed E-state index contributed by atoms with van der Waals surface area (Å²) in [5.41, 5.74) is -0.552. The molecule has 2 aliphatic rings. The van der Waals surface area contributed by atoms with E-state index in [1.807, 2.05) is 13.8 Å². The molecule has 10 heteroatoms. The van der Waals surface area contributed by atoms with Crippen molar-refractivity contribution in [3.8, 4) is 0 Å². The zero-order chi connectivity index (χ0) is 25.0. The van der Waals surface area contributed by atoms with Crippen LogP contribution in [0, 0.1) is 5.92 Å². The van der Waals surface area contributed by atoms with Gasteiger partial charge in [0.1, 0.15) is 5.60 Å². The second-order valence-electron chi connectivity index (χ2n) is 8.68. The van der Waals surface area contributed by atoms with Crippen molar-refractivity contribution in [1.82, 2.24) is 4.90 Å². The van der Waals surface area contributed by atoms with Gasteiger partial charge in [-0.15, -0.1) is 0 Å². The van der Waals surface area contributed by atoms with E-state index in [0.717, 1.165) is 17.7 Å². The van der Waals surface area contributed by atoms with E-state index in [-0.39, 0.29) is 44.6 Å². The van der Waals surface area contributed by atoms with Crippen molar-refractivity contribution in [2.45, 2.75) is 32.2 Å². The molecule has 1 fully saturated rings. The van der Waals surface area contributed by atoms with Gasteiger partial charge in [0.2, 0.25) is 5.91 Å². The van der Waals surface area contributed by atoms with Crippen LogP contribution >= 0.6 is 34.8 Å². The molecule has 1 spiro atoms. The summed E-state index contributed by atoms with van der Waals surface area (Å²) in [6.07, 6.45) is -4.31. The van der Waals surface area contributed by atoms with Gasteiger partial charge in [-0.05, 0) is 41.0 Å². The van der Waals surface area contributed by atoms with Crippen LogP contribution in [0.15, 0.2) is 36.4 Å². The molecule has 180 valence electrons. The van der Waals surface area contributed by atoms with Gasteiger partial charge in [0.05, 0.1) is 40.3 Å². The minimum absolute atomic E-state index is 0.0293. The Morgan fingerprint density at radius 2 is 1.68 bits per heavy atom. The van der Waals surface area contributed by atoms with E-state index in [4.69, 9.17) is 39.5 Å². The Balaban J connectivity index is 1.62. The molecule has 0 saturated carbocycles. The summed E-state index contributed by atoms with van der Waals surface area (Å²) in [7, 11) is 0. The smallest absolute Gasteiger partial charge is 0.362 e. The number of carbonyl (C=O) groups excluding carboxylic acids is 2. The molecule has 0 N–H and O–H groups in total. The number of rotatable bonds is 4. The number of likely N-dealkylation sites (tertiary alicyclic amines) is 1. The second kappa shape index (κ2) is 8.86. The van der Waals surface area contributed by atoms with Crippen LogP contribution in [-0.2, 0) is 21.7 Å². The highest BCUT2D eigenvalue weighted by atomic mass is 35.5. The van der Waals surface area contributed by atoms with Crippen LogP contribution in [-0.4, -0.2) is 35.9 Å². The molecular formula is C24H19Cl3F3NO3. The average Bonchev–Trinajstić information content (AvgIpc) is 3.11. The van der Waals surface area contributed by atoms with Crippen molar-refractivity contribution in [3.05, 3.63) is 73.7 Å². The number of alkyl halides is 3. The largest absolute Gasteiger partial charge is 0.417 e. The molecule has 0 aromatic heterocycles. The third-order valence-corrected chi connectivity index (χ3v) is 7.16. The zero-order valence-corrected chi connectivity index (χ0v) is 20.4. The Morgan fingerprint density at radius 3 is 2.24 bits per heavy atom. The molecule has 0 bridgehead atoms. The molecule has 0 aliphatic carbocycles. The fourth-order valence-corrected chi connectivity index (χ4v) is 4.81. The summed E-state index contributed by atoms with van der Waals surface area (Å²) in [5, 5.41) is -0.383. The second-order valence-corrected chi connectivity index (χ2v) is 9.87. The number of ketones is 1. The highest BCUT2D eigenvalue weighted by Gasteiger charge is 2.51. The quantitative estimate of drug-likeness (QED) is 0.250. The number of halogens is 6. The van der Waals surface area contributed by atoms with Gasteiger partial charge in [0, 0.05) is 11.5 Å². The monoisotopic (exact) mass is 531 g/mol. The maximum atomic E-state index is 13.8. The fraction of sp³-hybridized carbons (Fsp3) is 0.333. The molecular weight excluding hydrogens is 514 g/mol. The van der Waals surface area contributed by atoms with Crippen LogP contribution in [0.2, 0.25) is 15.1 Å². The SMILES string of the molecule is CC(C)C(=O)N1CC2(C1)OCc1cc(C(=O)C=C(c3cc(Cl)c(Cl)c(Cl)c3)C(F)(F)F)ccc12. The molecule has 1 amide bonds. The number of allylic oxidation sites excluding steroid dienone is 2. The summed E-state index contributed by atoms with van der Waals surface area (Å²) in [4.78, 5) is 26.7. The molecule has 1 saturated heterocycles. The van der Waals surface area contributed by atoms with Crippen molar-refractivity contribution in [1.29, 1.82) is 0 Å². The maximum absolute atomic E-state index is 13.8. The number of ether oxygens (including phenoxy) is 1. The lowest BCUT2D eigenvalue weighted by atomic mass is 9.84. The average molecular weight is 533 g/mol. The lowest BCUT2D eigenvalue weighted by molar-refractivity contribution is -0.171. The van der Waals surface area contributed by atoms with Crippen LogP contribution in [0.5, 0.6) is 0 Å². The molecule has 2 aliphatic heterocycles. The zero-order valence-electron chi connectivity index (χ0n) is 18.1. The number of nitrogens with zero attached hydrogens (tertiary/aromatic N) is 1. The van der Waals surface area contributed by atoms with Crippen molar-refractivity contribution in [3.63, 3.8) is 0 Å². The Kier molecular flexibility index (Phi) is 6.53. The first-order valence-electron chi connectivity index (χ1n) is 10.4. The first kappa shape index (κ1) is 25.0. The molecule has 2 aromatic rings. The normalized spacial score (nSPS) is 17.2. The molecule has 2 aromatic carbocycles. The molecule has 4 nitrogen and oxygen atoms in total. The van der Waals surface area contributed by atoms with Gasteiger partial charge in [-0.2, -0.15) is 13.2 Å². The Labute approximate surface area is 209 Å². The summed E-state index contributed by atoms with van der Waals surface area (Å²) in [6.45, 7) is 4.66. The first-order chi connectivity index (χ1) is 15.8. The van der Waals surface area contributed by atoms with Gasteiger partial charge in [-0.1, -0.05) is 60.8 Å². The molecule has 0 atom stereocenters. The third-order valence-electron chi connectivity index (χ3n) is 5.96. The van der Waals surface area contributed by atoms with Gasteiger partial charge in [0.25, 0.3) is 0 Å². The Morgan fingerprint density at radius 1 is 1.06 bits per heavy atom. The number of amides is 1.